The molecule has 142 valence electrons. The molecule has 6 nitrogen and oxygen atoms in total. The van der Waals surface area contributed by atoms with E-state index in [9.17, 15) is 8.42 Å². The van der Waals surface area contributed by atoms with Crippen LogP contribution in [0.25, 0.3) is 0 Å². The molecule has 24 heavy (non-hydrogen) atoms. The summed E-state index contributed by atoms with van der Waals surface area (Å²) in [5.41, 5.74) is 0. The lowest BCUT2D eigenvalue weighted by atomic mass is 9.81. The molecule has 0 amide bonds. The fraction of sp³-hybridized carbons (Fsp3) is 0.938. The van der Waals surface area contributed by atoms with Crippen molar-refractivity contribution in [2.75, 3.05) is 39.0 Å². The zero-order valence-electron chi connectivity index (χ0n) is 15.0. The van der Waals surface area contributed by atoms with Gasteiger partial charge in [-0.3, -0.25) is 4.99 Å². The van der Waals surface area contributed by atoms with Crippen LogP contribution in [0.15, 0.2) is 4.99 Å². The van der Waals surface area contributed by atoms with E-state index in [1.807, 2.05) is 0 Å². The zero-order valence-corrected chi connectivity index (χ0v) is 18.1. The van der Waals surface area contributed by atoms with Crippen molar-refractivity contribution in [2.24, 2.45) is 16.8 Å². The van der Waals surface area contributed by atoms with Crippen molar-refractivity contribution < 1.29 is 8.42 Å². The van der Waals surface area contributed by atoms with Crippen LogP contribution in [0.2, 0.25) is 0 Å². The first kappa shape index (κ1) is 22.0. The lowest BCUT2D eigenvalue weighted by Crippen LogP contribution is -2.42. The van der Waals surface area contributed by atoms with E-state index in [0.717, 1.165) is 30.8 Å². The summed E-state index contributed by atoms with van der Waals surface area (Å²) in [5.74, 6) is 2.76. The summed E-state index contributed by atoms with van der Waals surface area (Å²) in [6, 6.07) is 0. The first-order chi connectivity index (χ1) is 11.0. The van der Waals surface area contributed by atoms with Crippen LogP contribution in [0.3, 0.4) is 0 Å². The minimum atomic E-state index is -3.00. The summed E-state index contributed by atoms with van der Waals surface area (Å²) in [7, 11) is -1.24. The summed E-state index contributed by atoms with van der Waals surface area (Å²) in [5, 5.41) is 6.56. The molecule has 0 spiro atoms. The normalized spacial score (nSPS) is 27.5. The number of sulfonamides is 1. The Bertz CT molecular complexity index is 498. The molecule has 1 aliphatic carbocycles. The molecule has 0 aromatic heterocycles. The van der Waals surface area contributed by atoms with Crippen molar-refractivity contribution in [3.05, 3.63) is 0 Å². The Morgan fingerprint density at radius 1 is 1.21 bits per heavy atom. The van der Waals surface area contributed by atoms with Crippen LogP contribution in [-0.4, -0.2) is 57.7 Å². The summed E-state index contributed by atoms with van der Waals surface area (Å²) in [4.78, 5) is 4.21. The van der Waals surface area contributed by atoms with Crippen LogP contribution in [0, 0.1) is 11.8 Å². The molecule has 1 saturated carbocycles. The summed E-state index contributed by atoms with van der Waals surface area (Å²) < 4.78 is 25.0. The lowest BCUT2D eigenvalue weighted by Gasteiger charge is -2.27. The van der Waals surface area contributed by atoms with Gasteiger partial charge in [0.25, 0.3) is 0 Å². The van der Waals surface area contributed by atoms with Crippen molar-refractivity contribution in [1.29, 1.82) is 0 Å². The molecule has 2 fully saturated rings. The first-order valence-electron chi connectivity index (χ1n) is 8.93. The molecule has 0 aromatic carbocycles. The molecule has 2 rings (SSSR count). The predicted octanol–water partition coefficient (Wildman–Crippen LogP) is 2.02. The molecule has 1 saturated heterocycles. The molecule has 1 heterocycles. The Labute approximate surface area is 164 Å². The second-order valence-electron chi connectivity index (χ2n) is 6.92. The Morgan fingerprint density at radius 3 is 2.58 bits per heavy atom. The van der Waals surface area contributed by atoms with Gasteiger partial charge in [0.2, 0.25) is 10.0 Å². The van der Waals surface area contributed by atoms with Gasteiger partial charge in [0.05, 0.1) is 5.75 Å². The number of nitrogens with zero attached hydrogens (tertiary/aromatic N) is 2. The van der Waals surface area contributed by atoms with Gasteiger partial charge in [-0.2, -0.15) is 0 Å². The molecular formula is C16H33IN4O2S. The highest BCUT2D eigenvalue weighted by Gasteiger charge is 2.27. The van der Waals surface area contributed by atoms with E-state index in [-0.39, 0.29) is 24.0 Å². The summed E-state index contributed by atoms with van der Waals surface area (Å²) >= 11 is 0. The highest BCUT2D eigenvalue weighted by atomic mass is 127. The van der Waals surface area contributed by atoms with Crippen LogP contribution in [0.1, 0.15) is 45.4 Å². The lowest BCUT2D eigenvalue weighted by molar-refractivity contribution is 0.270. The number of rotatable bonds is 6. The Kier molecular flexibility index (Phi) is 9.88. The largest absolute Gasteiger partial charge is 0.356 e. The van der Waals surface area contributed by atoms with Crippen LogP contribution in [0.4, 0.5) is 0 Å². The molecule has 2 N–H and O–H groups in total. The number of guanidine groups is 1. The van der Waals surface area contributed by atoms with Crippen molar-refractivity contribution in [1.82, 2.24) is 14.9 Å². The minimum Gasteiger partial charge on any atom is -0.356 e. The van der Waals surface area contributed by atoms with E-state index >= 15 is 0 Å². The number of aliphatic imine (C=N–C) groups is 1. The van der Waals surface area contributed by atoms with Gasteiger partial charge in [0.15, 0.2) is 5.96 Å². The number of hydrogen-bond acceptors (Lipinski definition) is 3. The summed E-state index contributed by atoms with van der Waals surface area (Å²) in [6.07, 6.45) is 7.38. The second kappa shape index (κ2) is 10.8. The second-order valence-corrected chi connectivity index (χ2v) is 9.01. The van der Waals surface area contributed by atoms with Gasteiger partial charge in [0.1, 0.15) is 0 Å². The average molecular weight is 472 g/mol. The van der Waals surface area contributed by atoms with Crippen LogP contribution < -0.4 is 10.6 Å². The molecule has 0 radical (unpaired) electrons. The predicted molar refractivity (Wildman–Crippen MR) is 110 cm³/mol. The average Bonchev–Trinajstić information content (AvgIpc) is 2.84. The van der Waals surface area contributed by atoms with Crippen LogP contribution >= 0.6 is 24.0 Å². The Morgan fingerprint density at radius 2 is 1.96 bits per heavy atom. The Hall–Kier alpha value is -0.0900. The van der Waals surface area contributed by atoms with Gasteiger partial charge < -0.3 is 10.6 Å². The molecular weight excluding hydrogens is 439 g/mol. The SMILES string of the molecule is CN=C(NCCC1CCCC(C)C1)NCCN1CCCS1(=O)=O.I. The van der Waals surface area contributed by atoms with E-state index in [1.165, 1.54) is 32.1 Å². The van der Waals surface area contributed by atoms with Gasteiger partial charge in [-0.05, 0) is 31.1 Å². The van der Waals surface area contributed by atoms with E-state index in [4.69, 9.17) is 0 Å². The van der Waals surface area contributed by atoms with Crippen molar-refractivity contribution >= 4 is 40.0 Å². The molecule has 2 aliphatic rings. The quantitative estimate of drug-likeness (QED) is 0.353. The third-order valence-corrected chi connectivity index (χ3v) is 6.93. The number of hydrogen-bond donors (Lipinski definition) is 2. The van der Waals surface area contributed by atoms with Crippen LogP contribution in [0.5, 0.6) is 0 Å². The van der Waals surface area contributed by atoms with Crippen molar-refractivity contribution in [3.63, 3.8) is 0 Å². The van der Waals surface area contributed by atoms with Crippen molar-refractivity contribution in [2.45, 2.75) is 45.4 Å². The first-order valence-corrected chi connectivity index (χ1v) is 10.5. The minimum absolute atomic E-state index is 0. The number of nitrogens with one attached hydrogen (secondary N) is 2. The third kappa shape index (κ3) is 7.03. The molecule has 0 bridgehead atoms. The number of halogens is 1. The fourth-order valence-corrected chi connectivity index (χ4v) is 5.21. The molecule has 0 aromatic rings. The van der Waals surface area contributed by atoms with E-state index in [2.05, 4.69) is 22.5 Å². The molecule has 2 unspecified atom stereocenters. The third-order valence-electron chi connectivity index (χ3n) is 4.97. The molecule has 1 aliphatic heterocycles. The van der Waals surface area contributed by atoms with E-state index < -0.39 is 10.0 Å². The van der Waals surface area contributed by atoms with E-state index in [0.29, 0.717) is 25.4 Å². The maximum Gasteiger partial charge on any atom is 0.214 e. The standard InChI is InChI=1S/C16H32N4O2S.HI/c1-14-5-3-6-15(13-14)7-8-18-16(17-2)19-9-11-20-10-4-12-23(20,21)22;/h14-15H,3-13H2,1-2H3,(H2,17,18,19);1H. The topological polar surface area (TPSA) is 73.8 Å². The van der Waals surface area contributed by atoms with Crippen LogP contribution in [-0.2, 0) is 10.0 Å². The van der Waals surface area contributed by atoms with Gasteiger partial charge in [-0.15, -0.1) is 24.0 Å². The zero-order chi connectivity index (χ0) is 16.7. The van der Waals surface area contributed by atoms with Gasteiger partial charge in [0, 0.05) is 33.2 Å². The van der Waals surface area contributed by atoms with Gasteiger partial charge in [-0.25, -0.2) is 12.7 Å². The molecule has 2 atom stereocenters. The maximum atomic E-state index is 11.7. The highest BCUT2D eigenvalue weighted by molar-refractivity contribution is 14.0. The smallest absolute Gasteiger partial charge is 0.214 e. The molecule has 8 heteroatoms. The van der Waals surface area contributed by atoms with Gasteiger partial charge in [-0.1, -0.05) is 26.2 Å². The fourth-order valence-electron chi connectivity index (χ4n) is 3.68. The van der Waals surface area contributed by atoms with Crippen molar-refractivity contribution in [3.8, 4) is 0 Å². The Balaban J connectivity index is 0.00000288. The van der Waals surface area contributed by atoms with Gasteiger partial charge >= 0.3 is 0 Å². The monoisotopic (exact) mass is 472 g/mol. The van der Waals surface area contributed by atoms with E-state index in [1.54, 1.807) is 11.4 Å². The summed E-state index contributed by atoms with van der Waals surface area (Å²) in [6.45, 7) is 5.05. The maximum absolute atomic E-state index is 11.7. The highest BCUT2D eigenvalue weighted by Crippen LogP contribution is 2.30.